The van der Waals surface area contributed by atoms with Crippen molar-refractivity contribution in [3.8, 4) is 0 Å². The molecule has 0 saturated carbocycles. The van der Waals surface area contributed by atoms with E-state index in [1.165, 1.54) is 6.33 Å². The zero-order valence-electron chi connectivity index (χ0n) is 14.6. The van der Waals surface area contributed by atoms with Gasteiger partial charge in [0.1, 0.15) is 11.8 Å². The molecule has 26 heavy (non-hydrogen) atoms. The standard InChI is InChI=1S/C15H22N5O5P/c1-14(2,13(21)22)15(6-24-26-25-7-15)5-23-4-3-20-9-19-10-11(16)17-8-18-12(10)20/h8-9,26H,3-7H2,1-2H3,(H,21,22)(H2,16,17,18). The molecule has 0 aliphatic carbocycles. The first-order valence-electron chi connectivity index (χ1n) is 8.08. The monoisotopic (exact) mass is 383 g/mol. The predicted molar refractivity (Wildman–Crippen MR) is 94.6 cm³/mol. The van der Waals surface area contributed by atoms with E-state index in [2.05, 4.69) is 15.0 Å². The summed E-state index contributed by atoms with van der Waals surface area (Å²) in [6.07, 6.45) is 3.02. The molecule has 1 fully saturated rings. The zero-order chi connectivity index (χ0) is 18.8. The number of nitrogens with two attached hydrogens (primary N) is 1. The number of hydrogen-bond donors (Lipinski definition) is 2. The van der Waals surface area contributed by atoms with Gasteiger partial charge in [0.2, 0.25) is 0 Å². The molecule has 10 nitrogen and oxygen atoms in total. The van der Waals surface area contributed by atoms with Gasteiger partial charge in [0, 0.05) is 6.54 Å². The topological polar surface area (TPSA) is 135 Å². The van der Waals surface area contributed by atoms with Crippen molar-refractivity contribution in [1.29, 1.82) is 0 Å². The maximum Gasteiger partial charge on any atom is 0.309 e. The lowest BCUT2D eigenvalue weighted by atomic mass is 9.66. The van der Waals surface area contributed by atoms with Crippen molar-refractivity contribution in [1.82, 2.24) is 19.5 Å². The Labute approximate surface area is 152 Å². The van der Waals surface area contributed by atoms with Crippen LogP contribution in [0.1, 0.15) is 13.8 Å². The van der Waals surface area contributed by atoms with Crippen molar-refractivity contribution in [3.05, 3.63) is 12.7 Å². The lowest BCUT2D eigenvalue weighted by Gasteiger charge is -2.45. The van der Waals surface area contributed by atoms with Crippen LogP contribution in [0, 0.1) is 10.8 Å². The number of nitrogen functional groups attached to an aromatic ring is 1. The number of carboxylic acids is 1. The van der Waals surface area contributed by atoms with E-state index in [4.69, 9.17) is 19.5 Å². The molecule has 2 aromatic rings. The van der Waals surface area contributed by atoms with Crippen LogP contribution in [-0.4, -0.2) is 57.0 Å². The highest BCUT2D eigenvalue weighted by Crippen LogP contribution is 2.45. The smallest absolute Gasteiger partial charge is 0.309 e. The van der Waals surface area contributed by atoms with Crippen molar-refractivity contribution in [2.45, 2.75) is 20.4 Å². The number of aromatic nitrogens is 4. The lowest BCUT2D eigenvalue weighted by molar-refractivity contribution is -0.169. The number of rotatable bonds is 7. The summed E-state index contributed by atoms with van der Waals surface area (Å²) in [5.74, 6) is -0.583. The zero-order valence-corrected chi connectivity index (χ0v) is 15.6. The Morgan fingerprint density at radius 1 is 1.42 bits per heavy atom. The first-order chi connectivity index (χ1) is 12.4. The summed E-state index contributed by atoms with van der Waals surface area (Å²) in [6.45, 7) is 4.96. The third kappa shape index (κ3) is 3.37. The molecular weight excluding hydrogens is 361 g/mol. The molecule has 0 unspecified atom stereocenters. The van der Waals surface area contributed by atoms with Gasteiger partial charge in [-0.1, -0.05) is 0 Å². The Balaban J connectivity index is 1.65. The summed E-state index contributed by atoms with van der Waals surface area (Å²) in [7, 11) is -0.0710. The molecule has 0 aromatic carbocycles. The van der Waals surface area contributed by atoms with Crippen LogP contribution in [0.15, 0.2) is 12.7 Å². The van der Waals surface area contributed by atoms with Crippen LogP contribution in [0.2, 0.25) is 0 Å². The van der Waals surface area contributed by atoms with Crippen LogP contribution >= 0.6 is 9.03 Å². The summed E-state index contributed by atoms with van der Waals surface area (Å²) < 4.78 is 18.5. The molecule has 0 radical (unpaired) electrons. The fourth-order valence-electron chi connectivity index (χ4n) is 2.76. The van der Waals surface area contributed by atoms with Gasteiger partial charge in [-0.25, -0.2) is 15.0 Å². The number of ether oxygens (including phenoxy) is 1. The van der Waals surface area contributed by atoms with Crippen molar-refractivity contribution in [2.24, 2.45) is 10.8 Å². The van der Waals surface area contributed by atoms with Crippen LogP contribution in [0.5, 0.6) is 0 Å². The van der Waals surface area contributed by atoms with Gasteiger partial charge in [0.15, 0.2) is 20.5 Å². The third-order valence-electron chi connectivity index (χ3n) is 4.96. The fraction of sp³-hybridized carbons (Fsp3) is 0.600. The molecule has 0 amide bonds. The second-order valence-electron chi connectivity index (χ2n) is 6.79. The Morgan fingerprint density at radius 3 is 2.85 bits per heavy atom. The minimum atomic E-state index is -1.05. The maximum atomic E-state index is 11.7. The number of carboxylic acid groups (broad SMARTS) is 1. The Kier molecular flexibility index (Phi) is 5.38. The van der Waals surface area contributed by atoms with Crippen LogP contribution in [0.3, 0.4) is 0 Å². The molecule has 0 spiro atoms. The van der Waals surface area contributed by atoms with Crippen molar-refractivity contribution >= 4 is 32.0 Å². The minimum absolute atomic E-state index is 0.0710. The average molecular weight is 383 g/mol. The Morgan fingerprint density at radius 2 is 2.15 bits per heavy atom. The second kappa shape index (κ2) is 7.40. The summed E-state index contributed by atoms with van der Waals surface area (Å²) in [5.41, 5.74) is 5.14. The molecule has 11 heteroatoms. The number of fused-ring (bicyclic) bond motifs is 1. The molecule has 1 saturated heterocycles. The molecule has 0 atom stereocenters. The van der Waals surface area contributed by atoms with Gasteiger partial charge in [0.05, 0.1) is 43.6 Å². The van der Waals surface area contributed by atoms with E-state index >= 15 is 0 Å². The highest BCUT2D eigenvalue weighted by molar-refractivity contribution is 7.26. The SMILES string of the molecule is CC(C)(C(=O)O)C1(COCCn2cnc3c(N)ncnc32)COPOC1. The maximum absolute atomic E-state index is 11.7. The lowest BCUT2D eigenvalue weighted by Crippen LogP contribution is -2.53. The average Bonchev–Trinajstić information content (AvgIpc) is 3.04. The van der Waals surface area contributed by atoms with Gasteiger partial charge in [0.25, 0.3) is 0 Å². The molecule has 1 aliphatic rings. The molecular formula is C15H22N5O5P. The van der Waals surface area contributed by atoms with E-state index in [1.54, 1.807) is 20.2 Å². The Bertz CT molecular complexity index is 790. The van der Waals surface area contributed by atoms with Crippen molar-refractivity contribution in [3.63, 3.8) is 0 Å². The Hall–Kier alpha value is -1.87. The largest absolute Gasteiger partial charge is 0.481 e. The molecule has 0 bridgehead atoms. The number of hydrogen-bond acceptors (Lipinski definition) is 8. The number of carbonyl (C=O) groups is 1. The van der Waals surface area contributed by atoms with Gasteiger partial charge in [-0.2, -0.15) is 0 Å². The summed E-state index contributed by atoms with van der Waals surface area (Å²) in [5, 5.41) is 9.61. The molecule has 1 aliphatic heterocycles. The van der Waals surface area contributed by atoms with E-state index in [1.807, 2.05) is 4.57 Å². The first kappa shape index (κ1) is 18.9. The van der Waals surface area contributed by atoms with E-state index < -0.39 is 16.8 Å². The number of aliphatic carboxylic acids is 1. The number of imidazole rings is 1. The van der Waals surface area contributed by atoms with Crippen molar-refractivity contribution < 1.29 is 23.7 Å². The van der Waals surface area contributed by atoms with E-state index in [0.29, 0.717) is 30.1 Å². The van der Waals surface area contributed by atoms with Crippen molar-refractivity contribution in [2.75, 3.05) is 32.2 Å². The highest BCUT2D eigenvalue weighted by Gasteiger charge is 2.52. The summed E-state index contributed by atoms with van der Waals surface area (Å²) >= 11 is 0. The second-order valence-corrected chi connectivity index (χ2v) is 7.54. The van der Waals surface area contributed by atoms with Crippen LogP contribution in [-0.2, 0) is 25.1 Å². The summed E-state index contributed by atoms with van der Waals surface area (Å²) in [6, 6.07) is 0. The van der Waals surface area contributed by atoms with Crippen LogP contribution in [0.4, 0.5) is 5.82 Å². The molecule has 3 rings (SSSR count). The summed E-state index contributed by atoms with van der Waals surface area (Å²) in [4.78, 5) is 24.0. The molecule has 142 valence electrons. The molecule has 2 aromatic heterocycles. The van der Waals surface area contributed by atoms with Gasteiger partial charge in [-0.05, 0) is 13.8 Å². The number of anilines is 1. The quantitative estimate of drug-likeness (QED) is 0.532. The van der Waals surface area contributed by atoms with Gasteiger partial charge >= 0.3 is 5.97 Å². The van der Waals surface area contributed by atoms with E-state index in [9.17, 15) is 9.90 Å². The molecule has 3 heterocycles. The minimum Gasteiger partial charge on any atom is -0.481 e. The molecule has 3 N–H and O–H groups in total. The van der Waals surface area contributed by atoms with Gasteiger partial charge in [-0.3, -0.25) is 4.79 Å². The van der Waals surface area contributed by atoms with Crippen LogP contribution in [0.25, 0.3) is 11.2 Å². The number of nitrogens with zero attached hydrogens (tertiary/aromatic N) is 4. The van der Waals surface area contributed by atoms with Gasteiger partial charge in [-0.15, -0.1) is 0 Å². The third-order valence-corrected chi connectivity index (χ3v) is 5.48. The van der Waals surface area contributed by atoms with Crippen LogP contribution < -0.4 is 5.73 Å². The highest BCUT2D eigenvalue weighted by atomic mass is 31.1. The van der Waals surface area contributed by atoms with E-state index in [-0.39, 0.29) is 28.9 Å². The normalized spacial score (nSPS) is 22.1. The van der Waals surface area contributed by atoms with Gasteiger partial charge < -0.3 is 29.2 Å². The van der Waals surface area contributed by atoms with E-state index in [0.717, 1.165) is 0 Å². The first-order valence-corrected chi connectivity index (χ1v) is 8.90. The predicted octanol–water partition coefficient (Wildman–Crippen LogP) is 1.08. The fourth-order valence-corrected chi connectivity index (χ4v) is 3.52.